The Balaban J connectivity index is 3.01. The molecular weight excluding hydrogens is 220 g/mol. The summed E-state index contributed by atoms with van der Waals surface area (Å²) in [7, 11) is 0. The first-order valence-corrected chi connectivity index (χ1v) is 5.77. The van der Waals surface area contributed by atoms with Gasteiger partial charge in [0.15, 0.2) is 0 Å². The van der Waals surface area contributed by atoms with Crippen molar-refractivity contribution in [1.82, 2.24) is 0 Å². The molecule has 0 heterocycles. The Hall–Kier alpha value is -1.13. The number of anilines is 1. The van der Waals surface area contributed by atoms with Crippen LogP contribution in [0.15, 0.2) is 18.2 Å². The van der Waals surface area contributed by atoms with Crippen molar-refractivity contribution in [1.29, 1.82) is 0 Å². The third-order valence-corrected chi connectivity index (χ3v) is 2.81. The first-order valence-electron chi connectivity index (χ1n) is 5.36. The number of benzene rings is 1. The molecule has 0 fully saturated rings. The molecule has 0 unspecified atom stereocenters. The fraction of sp³-hybridized carbons (Fsp3) is 0.417. The van der Waals surface area contributed by atoms with Crippen LogP contribution in [-0.4, -0.2) is 29.8 Å². The van der Waals surface area contributed by atoms with Crippen LogP contribution in [0.1, 0.15) is 18.1 Å². The number of thiocarbonyl (C=S) groups is 1. The number of aliphatic hydroxyl groups is 1. The van der Waals surface area contributed by atoms with Crippen LogP contribution in [0, 0.1) is 6.92 Å². The summed E-state index contributed by atoms with van der Waals surface area (Å²) in [5.74, 6) is 0. The molecule has 1 aromatic carbocycles. The maximum absolute atomic E-state index is 8.98. The van der Waals surface area contributed by atoms with Crippen LogP contribution in [0.4, 0.5) is 5.69 Å². The smallest absolute Gasteiger partial charge is 0.103 e. The van der Waals surface area contributed by atoms with Gasteiger partial charge in [-0.05, 0) is 37.6 Å². The predicted octanol–water partition coefficient (Wildman–Crippen LogP) is 1.45. The average Bonchev–Trinajstić information content (AvgIpc) is 2.26. The zero-order valence-corrected chi connectivity index (χ0v) is 10.5. The Bertz CT molecular complexity index is 379. The molecule has 3 N–H and O–H groups in total. The van der Waals surface area contributed by atoms with Crippen molar-refractivity contribution in [2.45, 2.75) is 13.8 Å². The van der Waals surface area contributed by atoms with E-state index in [1.54, 1.807) is 0 Å². The lowest BCUT2D eigenvalue weighted by atomic mass is 10.1. The molecular formula is C12H18N2OS. The summed E-state index contributed by atoms with van der Waals surface area (Å²) in [5, 5.41) is 8.98. The van der Waals surface area contributed by atoms with Crippen molar-refractivity contribution >= 4 is 22.9 Å². The van der Waals surface area contributed by atoms with Gasteiger partial charge in [0.25, 0.3) is 0 Å². The van der Waals surface area contributed by atoms with Crippen LogP contribution in [0.25, 0.3) is 0 Å². The van der Waals surface area contributed by atoms with Crippen LogP contribution >= 0.6 is 12.2 Å². The van der Waals surface area contributed by atoms with Gasteiger partial charge in [-0.25, -0.2) is 0 Å². The molecule has 16 heavy (non-hydrogen) atoms. The first kappa shape index (κ1) is 12.9. The molecule has 0 aromatic heterocycles. The molecule has 0 saturated heterocycles. The van der Waals surface area contributed by atoms with E-state index in [4.69, 9.17) is 23.1 Å². The van der Waals surface area contributed by atoms with Crippen molar-refractivity contribution < 1.29 is 5.11 Å². The third-order valence-electron chi connectivity index (χ3n) is 2.57. The molecule has 0 aliphatic rings. The van der Waals surface area contributed by atoms with Gasteiger partial charge >= 0.3 is 0 Å². The van der Waals surface area contributed by atoms with Gasteiger partial charge < -0.3 is 15.7 Å². The molecule has 0 saturated carbocycles. The van der Waals surface area contributed by atoms with Crippen LogP contribution in [0.3, 0.4) is 0 Å². The first-order chi connectivity index (χ1) is 7.60. The fourth-order valence-corrected chi connectivity index (χ4v) is 1.86. The minimum atomic E-state index is 0.157. The highest BCUT2D eigenvalue weighted by atomic mass is 32.1. The summed E-state index contributed by atoms with van der Waals surface area (Å²) in [5.41, 5.74) is 8.71. The van der Waals surface area contributed by atoms with E-state index in [0.29, 0.717) is 11.5 Å². The Morgan fingerprint density at radius 1 is 1.50 bits per heavy atom. The van der Waals surface area contributed by atoms with Crippen LogP contribution < -0.4 is 10.6 Å². The summed E-state index contributed by atoms with van der Waals surface area (Å²) in [4.78, 5) is 2.54. The molecule has 1 aromatic rings. The van der Waals surface area contributed by atoms with Crippen LogP contribution in [0.5, 0.6) is 0 Å². The normalized spacial score (nSPS) is 10.2. The number of hydrogen-bond acceptors (Lipinski definition) is 3. The van der Waals surface area contributed by atoms with Gasteiger partial charge in [0.05, 0.1) is 6.61 Å². The molecule has 0 bridgehead atoms. The number of aliphatic hydroxyl groups excluding tert-OH is 1. The second-order valence-electron chi connectivity index (χ2n) is 3.67. The molecule has 0 radical (unpaired) electrons. The number of hydrogen-bond donors (Lipinski definition) is 2. The summed E-state index contributed by atoms with van der Waals surface area (Å²) in [6.07, 6.45) is 0. The number of rotatable bonds is 5. The number of aryl methyl sites for hydroxylation is 1. The Kier molecular flexibility index (Phi) is 4.71. The molecule has 0 aliphatic heterocycles. The van der Waals surface area contributed by atoms with Crippen molar-refractivity contribution in [2.75, 3.05) is 24.6 Å². The molecule has 0 aliphatic carbocycles. The Labute approximate surface area is 102 Å². The van der Waals surface area contributed by atoms with Crippen molar-refractivity contribution in [3.8, 4) is 0 Å². The average molecular weight is 238 g/mol. The largest absolute Gasteiger partial charge is 0.395 e. The van der Waals surface area contributed by atoms with E-state index < -0.39 is 0 Å². The Morgan fingerprint density at radius 3 is 2.62 bits per heavy atom. The van der Waals surface area contributed by atoms with Crippen molar-refractivity contribution in [3.05, 3.63) is 29.3 Å². The summed E-state index contributed by atoms with van der Waals surface area (Å²) >= 11 is 4.93. The lowest BCUT2D eigenvalue weighted by Crippen LogP contribution is -2.27. The predicted molar refractivity (Wildman–Crippen MR) is 72.0 cm³/mol. The molecule has 1 rings (SSSR count). The van der Waals surface area contributed by atoms with E-state index >= 15 is 0 Å². The maximum Gasteiger partial charge on any atom is 0.103 e. The highest BCUT2D eigenvalue weighted by Gasteiger charge is 2.07. The second kappa shape index (κ2) is 5.82. The zero-order chi connectivity index (χ0) is 12.1. The highest BCUT2D eigenvalue weighted by Crippen LogP contribution is 2.20. The van der Waals surface area contributed by atoms with Gasteiger partial charge in [0, 0.05) is 24.3 Å². The molecule has 4 heteroatoms. The zero-order valence-electron chi connectivity index (χ0n) is 9.73. The van der Waals surface area contributed by atoms with Crippen LogP contribution in [-0.2, 0) is 0 Å². The lowest BCUT2D eigenvalue weighted by molar-refractivity contribution is 0.302. The fourth-order valence-electron chi connectivity index (χ4n) is 1.73. The third kappa shape index (κ3) is 2.93. The molecule has 0 atom stereocenters. The molecule has 88 valence electrons. The lowest BCUT2D eigenvalue weighted by Gasteiger charge is -2.24. The number of nitrogens with two attached hydrogens (primary N) is 1. The molecule has 3 nitrogen and oxygen atoms in total. The van der Waals surface area contributed by atoms with E-state index in [1.807, 2.05) is 25.1 Å². The van der Waals surface area contributed by atoms with E-state index in [9.17, 15) is 0 Å². The van der Waals surface area contributed by atoms with Gasteiger partial charge in [-0.15, -0.1) is 0 Å². The minimum absolute atomic E-state index is 0.157. The SMILES string of the molecule is CCN(CCO)c1ccc(C(N)=S)cc1C. The van der Waals surface area contributed by atoms with E-state index in [2.05, 4.69) is 11.8 Å². The standard InChI is InChI=1S/C12H18N2OS/c1-3-14(6-7-15)11-5-4-10(12(13)16)8-9(11)2/h4-5,8,15H,3,6-7H2,1-2H3,(H2,13,16). The van der Waals surface area contributed by atoms with Gasteiger partial charge in [0.2, 0.25) is 0 Å². The van der Waals surface area contributed by atoms with Crippen LogP contribution in [0.2, 0.25) is 0 Å². The molecule has 0 amide bonds. The summed E-state index contributed by atoms with van der Waals surface area (Å²) in [6, 6.07) is 5.91. The van der Waals surface area contributed by atoms with E-state index in [1.165, 1.54) is 0 Å². The van der Waals surface area contributed by atoms with Gasteiger partial charge in [-0.2, -0.15) is 0 Å². The number of nitrogens with zero attached hydrogens (tertiary/aromatic N) is 1. The van der Waals surface area contributed by atoms with E-state index in [0.717, 1.165) is 23.4 Å². The van der Waals surface area contributed by atoms with Crippen molar-refractivity contribution in [3.63, 3.8) is 0 Å². The van der Waals surface area contributed by atoms with Gasteiger partial charge in [0.1, 0.15) is 4.99 Å². The number of likely N-dealkylation sites (N-methyl/N-ethyl adjacent to an activating group) is 1. The topological polar surface area (TPSA) is 49.5 Å². The Morgan fingerprint density at radius 2 is 2.19 bits per heavy atom. The minimum Gasteiger partial charge on any atom is -0.395 e. The van der Waals surface area contributed by atoms with E-state index in [-0.39, 0.29) is 6.61 Å². The van der Waals surface area contributed by atoms with Gasteiger partial charge in [-0.1, -0.05) is 12.2 Å². The van der Waals surface area contributed by atoms with Crippen molar-refractivity contribution in [2.24, 2.45) is 5.73 Å². The monoisotopic (exact) mass is 238 g/mol. The maximum atomic E-state index is 8.98. The second-order valence-corrected chi connectivity index (χ2v) is 4.11. The molecule has 0 spiro atoms. The highest BCUT2D eigenvalue weighted by molar-refractivity contribution is 7.80. The quantitative estimate of drug-likeness (QED) is 0.762. The summed E-state index contributed by atoms with van der Waals surface area (Å²) in [6.45, 7) is 5.76. The summed E-state index contributed by atoms with van der Waals surface area (Å²) < 4.78 is 0. The van der Waals surface area contributed by atoms with Gasteiger partial charge in [-0.3, -0.25) is 0 Å².